The number of aromatic nitrogens is 3. The predicted octanol–water partition coefficient (Wildman–Crippen LogP) is 1.18. The minimum Gasteiger partial charge on any atom is -0.330 e. The third kappa shape index (κ3) is 2.20. The van der Waals surface area contributed by atoms with Gasteiger partial charge in [0.15, 0.2) is 5.82 Å². The lowest BCUT2D eigenvalue weighted by Crippen LogP contribution is -2.08. The maximum atomic E-state index is 13.5. The Morgan fingerprint density at radius 3 is 2.81 bits per heavy atom. The van der Waals surface area contributed by atoms with Crippen molar-refractivity contribution in [1.82, 2.24) is 15.2 Å². The molecule has 0 saturated carbocycles. The molecule has 0 aliphatic rings. The van der Waals surface area contributed by atoms with Crippen LogP contribution in [0.5, 0.6) is 0 Å². The van der Waals surface area contributed by atoms with Crippen molar-refractivity contribution in [2.24, 2.45) is 5.73 Å². The van der Waals surface area contributed by atoms with Gasteiger partial charge in [-0.1, -0.05) is 12.1 Å². The van der Waals surface area contributed by atoms with Crippen LogP contribution < -0.4 is 5.73 Å². The van der Waals surface area contributed by atoms with Crippen LogP contribution in [-0.4, -0.2) is 21.7 Å². The van der Waals surface area contributed by atoms with Gasteiger partial charge in [-0.05, 0) is 18.7 Å². The van der Waals surface area contributed by atoms with Gasteiger partial charge in [-0.2, -0.15) is 5.10 Å². The Bertz CT molecular complexity index is 487. The average molecular weight is 218 g/mol. The van der Waals surface area contributed by atoms with Gasteiger partial charge in [0.05, 0.1) is 11.9 Å². The molecule has 0 aliphatic carbocycles. The largest absolute Gasteiger partial charge is 0.330 e. The highest BCUT2D eigenvalue weighted by Crippen LogP contribution is 2.18. The summed E-state index contributed by atoms with van der Waals surface area (Å²) in [6.07, 6.45) is 1.98. The molecule has 0 amide bonds. The van der Waals surface area contributed by atoms with Gasteiger partial charge in [-0.25, -0.2) is 9.37 Å². The first-order valence-electron chi connectivity index (χ1n) is 4.95. The highest BCUT2D eigenvalue weighted by atomic mass is 19.1. The fourth-order valence-electron chi connectivity index (χ4n) is 1.37. The van der Waals surface area contributed by atoms with E-state index in [-0.39, 0.29) is 5.82 Å². The Morgan fingerprint density at radius 2 is 2.06 bits per heavy atom. The Morgan fingerprint density at radius 1 is 1.25 bits per heavy atom. The summed E-state index contributed by atoms with van der Waals surface area (Å²) in [5.74, 6) is 0.213. The van der Waals surface area contributed by atoms with Crippen LogP contribution in [0.2, 0.25) is 0 Å². The second kappa shape index (κ2) is 4.76. The summed E-state index contributed by atoms with van der Waals surface area (Å²) in [6.45, 7) is 0.447. The van der Waals surface area contributed by atoms with Crippen LogP contribution in [0.25, 0.3) is 11.3 Å². The molecule has 0 fully saturated rings. The molecule has 0 saturated heterocycles. The first kappa shape index (κ1) is 10.6. The molecule has 0 spiro atoms. The number of benzene rings is 1. The van der Waals surface area contributed by atoms with E-state index in [1.807, 2.05) is 0 Å². The van der Waals surface area contributed by atoms with Crippen molar-refractivity contribution in [1.29, 1.82) is 0 Å². The van der Waals surface area contributed by atoms with Gasteiger partial charge in [-0.3, -0.25) is 0 Å². The normalized spacial score (nSPS) is 10.4. The number of rotatable bonds is 3. The van der Waals surface area contributed by atoms with Crippen LogP contribution in [-0.2, 0) is 6.42 Å². The Balaban J connectivity index is 2.40. The summed E-state index contributed by atoms with van der Waals surface area (Å²) in [6, 6.07) is 6.43. The van der Waals surface area contributed by atoms with Gasteiger partial charge in [0.2, 0.25) is 0 Å². The van der Waals surface area contributed by atoms with Crippen LogP contribution in [0.3, 0.4) is 0 Å². The first-order valence-corrected chi connectivity index (χ1v) is 4.95. The Hall–Kier alpha value is -1.88. The molecule has 1 aromatic heterocycles. The number of halogens is 1. The standard InChI is InChI=1S/C11H11FN4/c12-9-4-2-1-3-8(9)10-7-14-16-11(15-10)5-6-13/h1-4,7H,5-6,13H2. The van der Waals surface area contributed by atoms with Gasteiger partial charge in [0.25, 0.3) is 0 Å². The molecule has 2 aromatic rings. The summed E-state index contributed by atoms with van der Waals surface area (Å²) in [7, 11) is 0. The van der Waals surface area contributed by atoms with E-state index in [4.69, 9.17) is 5.73 Å². The van der Waals surface area contributed by atoms with Gasteiger partial charge in [0, 0.05) is 12.0 Å². The average Bonchev–Trinajstić information content (AvgIpc) is 2.30. The monoisotopic (exact) mass is 218 g/mol. The summed E-state index contributed by atoms with van der Waals surface area (Å²) < 4.78 is 13.5. The molecule has 2 N–H and O–H groups in total. The van der Waals surface area contributed by atoms with Crippen LogP contribution >= 0.6 is 0 Å². The second-order valence-corrected chi connectivity index (χ2v) is 3.28. The molecule has 2 rings (SSSR count). The van der Waals surface area contributed by atoms with E-state index in [1.165, 1.54) is 12.3 Å². The maximum absolute atomic E-state index is 13.5. The van der Waals surface area contributed by atoms with Gasteiger partial charge < -0.3 is 5.73 Å². The molecular weight excluding hydrogens is 207 g/mol. The highest BCUT2D eigenvalue weighted by molar-refractivity contribution is 5.58. The van der Waals surface area contributed by atoms with Crippen molar-refractivity contribution in [2.75, 3.05) is 6.54 Å². The molecule has 0 radical (unpaired) electrons. The zero-order chi connectivity index (χ0) is 11.4. The van der Waals surface area contributed by atoms with Crippen molar-refractivity contribution >= 4 is 0 Å². The third-order valence-corrected chi connectivity index (χ3v) is 2.12. The molecular formula is C11H11FN4. The smallest absolute Gasteiger partial charge is 0.152 e. The van der Waals surface area contributed by atoms with E-state index >= 15 is 0 Å². The number of hydrogen-bond donors (Lipinski definition) is 1. The Kier molecular flexibility index (Phi) is 3.16. The van der Waals surface area contributed by atoms with Crippen LogP contribution in [0.4, 0.5) is 4.39 Å². The molecule has 0 unspecified atom stereocenters. The number of hydrogen-bond acceptors (Lipinski definition) is 4. The lowest BCUT2D eigenvalue weighted by Gasteiger charge is -2.02. The molecule has 82 valence electrons. The molecule has 1 aromatic carbocycles. The lowest BCUT2D eigenvalue weighted by molar-refractivity contribution is 0.630. The molecule has 4 nitrogen and oxygen atoms in total. The second-order valence-electron chi connectivity index (χ2n) is 3.28. The Labute approximate surface area is 92.4 Å². The van der Waals surface area contributed by atoms with Crippen molar-refractivity contribution in [3.8, 4) is 11.3 Å². The molecule has 5 heteroatoms. The van der Waals surface area contributed by atoms with Crippen molar-refractivity contribution in [2.45, 2.75) is 6.42 Å². The van der Waals surface area contributed by atoms with Crippen molar-refractivity contribution in [3.05, 3.63) is 42.1 Å². The fourth-order valence-corrected chi connectivity index (χ4v) is 1.37. The quantitative estimate of drug-likeness (QED) is 0.840. The minimum absolute atomic E-state index is 0.318. The van der Waals surface area contributed by atoms with Crippen LogP contribution in [0.15, 0.2) is 30.5 Å². The molecule has 1 heterocycles. The molecule has 0 bridgehead atoms. The highest BCUT2D eigenvalue weighted by Gasteiger charge is 2.07. The minimum atomic E-state index is -0.318. The number of nitrogens with two attached hydrogens (primary N) is 1. The van der Waals surface area contributed by atoms with Crippen LogP contribution in [0.1, 0.15) is 5.82 Å². The maximum Gasteiger partial charge on any atom is 0.152 e. The molecule has 0 atom stereocenters. The van der Waals surface area contributed by atoms with E-state index in [1.54, 1.807) is 18.2 Å². The summed E-state index contributed by atoms with van der Waals surface area (Å²) in [5.41, 5.74) is 6.31. The van der Waals surface area contributed by atoms with Gasteiger partial charge >= 0.3 is 0 Å². The van der Waals surface area contributed by atoms with Gasteiger partial charge in [-0.15, -0.1) is 5.10 Å². The first-order chi connectivity index (χ1) is 7.81. The zero-order valence-electron chi connectivity index (χ0n) is 8.60. The summed E-state index contributed by atoms with van der Waals surface area (Å²) in [4.78, 5) is 4.20. The van der Waals surface area contributed by atoms with Gasteiger partial charge in [0.1, 0.15) is 5.82 Å². The van der Waals surface area contributed by atoms with E-state index < -0.39 is 0 Å². The van der Waals surface area contributed by atoms with E-state index in [0.717, 1.165) is 0 Å². The van der Waals surface area contributed by atoms with E-state index in [9.17, 15) is 4.39 Å². The van der Waals surface area contributed by atoms with Crippen molar-refractivity contribution < 1.29 is 4.39 Å². The lowest BCUT2D eigenvalue weighted by atomic mass is 10.1. The van der Waals surface area contributed by atoms with E-state index in [2.05, 4.69) is 15.2 Å². The number of nitrogens with zero attached hydrogens (tertiary/aromatic N) is 3. The summed E-state index contributed by atoms with van der Waals surface area (Å²) >= 11 is 0. The zero-order valence-corrected chi connectivity index (χ0v) is 8.60. The van der Waals surface area contributed by atoms with E-state index in [0.29, 0.717) is 30.0 Å². The topological polar surface area (TPSA) is 64.7 Å². The SMILES string of the molecule is NCCc1nncc(-c2ccccc2F)n1. The molecule has 0 aliphatic heterocycles. The predicted molar refractivity (Wildman–Crippen MR) is 58.0 cm³/mol. The summed E-state index contributed by atoms with van der Waals surface area (Å²) in [5, 5.41) is 7.61. The third-order valence-electron chi connectivity index (χ3n) is 2.12. The molecule has 16 heavy (non-hydrogen) atoms. The fraction of sp³-hybridized carbons (Fsp3) is 0.182. The van der Waals surface area contributed by atoms with Crippen LogP contribution in [0, 0.1) is 5.82 Å². The van der Waals surface area contributed by atoms with Crippen molar-refractivity contribution in [3.63, 3.8) is 0 Å².